The zero-order chi connectivity index (χ0) is 16.0. The lowest BCUT2D eigenvalue weighted by atomic mass is 9.65. The van der Waals surface area contributed by atoms with Crippen LogP contribution < -0.4 is 10.6 Å². The van der Waals surface area contributed by atoms with Crippen LogP contribution in [0.4, 0.5) is 0 Å². The van der Waals surface area contributed by atoms with Crippen LogP contribution in [0.25, 0.3) is 0 Å². The van der Waals surface area contributed by atoms with E-state index in [0.717, 1.165) is 64.2 Å². The summed E-state index contributed by atoms with van der Waals surface area (Å²) in [5.74, 6) is 1.94. The van der Waals surface area contributed by atoms with E-state index in [2.05, 4.69) is 17.6 Å². The normalized spacial score (nSPS) is 26.8. The van der Waals surface area contributed by atoms with Gasteiger partial charge in [-0.1, -0.05) is 6.42 Å². The predicted molar refractivity (Wildman–Crippen MR) is 92.8 cm³/mol. The van der Waals surface area contributed by atoms with E-state index in [4.69, 9.17) is 14.5 Å². The highest BCUT2D eigenvalue weighted by atomic mass is 16.5. The van der Waals surface area contributed by atoms with Crippen molar-refractivity contribution in [2.45, 2.75) is 58.0 Å². The van der Waals surface area contributed by atoms with Gasteiger partial charge in [-0.3, -0.25) is 4.99 Å². The highest BCUT2D eigenvalue weighted by Gasteiger charge is 2.48. The third-order valence-electron chi connectivity index (χ3n) is 5.54. The van der Waals surface area contributed by atoms with E-state index in [-0.39, 0.29) is 0 Å². The molecule has 23 heavy (non-hydrogen) atoms. The van der Waals surface area contributed by atoms with Crippen LogP contribution in [-0.2, 0) is 9.47 Å². The average Bonchev–Trinajstić information content (AvgIpc) is 3.22. The lowest BCUT2D eigenvalue weighted by molar-refractivity contribution is 0.0420. The van der Waals surface area contributed by atoms with Gasteiger partial charge < -0.3 is 20.1 Å². The molecule has 3 rings (SSSR count). The second-order valence-electron chi connectivity index (χ2n) is 7.32. The van der Waals surface area contributed by atoms with E-state index in [0.29, 0.717) is 11.5 Å². The van der Waals surface area contributed by atoms with Crippen molar-refractivity contribution in [1.29, 1.82) is 0 Å². The van der Waals surface area contributed by atoms with Crippen LogP contribution in [0.3, 0.4) is 0 Å². The molecule has 2 N–H and O–H groups in total. The molecule has 0 radical (unpaired) electrons. The third-order valence-corrected chi connectivity index (χ3v) is 5.54. The van der Waals surface area contributed by atoms with Crippen LogP contribution in [0.1, 0.15) is 51.9 Å². The van der Waals surface area contributed by atoms with Crippen molar-refractivity contribution >= 4 is 5.96 Å². The first-order valence-electron chi connectivity index (χ1n) is 9.54. The van der Waals surface area contributed by atoms with Crippen molar-refractivity contribution in [2.75, 3.05) is 39.5 Å². The number of nitrogens with zero attached hydrogens (tertiary/aromatic N) is 1. The molecular weight excluding hydrogens is 290 g/mol. The number of nitrogens with one attached hydrogen (secondary N) is 2. The first-order chi connectivity index (χ1) is 11.3. The molecule has 3 fully saturated rings. The monoisotopic (exact) mass is 323 g/mol. The summed E-state index contributed by atoms with van der Waals surface area (Å²) in [6, 6.07) is 0. The summed E-state index contributed by atoms with van der Waals surface area (Å²) in [5.41, 5.74) is 0.550. The average molecular weight is 323 g/mol. The van der Waals surface area contributed by atoms with Gasteiger partial charge in [-0.25, -0.2) is 0 Å². The van der Waals surface area contributed by atoms with Crippen molar-refractivity contribution in [3.8, 4) is 0 Å². The Morgan fingerprint density at radius 3 is 2.74 bits per heavy atom. The molecule has 0 aromatic carbocycles. The Balaban J connectivity index is 1.35. The van der Waals surface area contributed by atoms with Gasteiger partial charge in [0.15, 0.2) is 5.96 Å². The van der Waals surface area contributed by atoms with E-state index < -0.39 is 0 Å². The van der Waals surface area contributed by atoms with Gasteiger partial charge in [-0.2, -0.15) is 0 Å². The van der Waals surface area contributed by atoms with E-state index in [9.17, 15) is 0 Å². The standard InChI is InChI=1S/C18H33N3O2/c1-2-19-17(20-10-4-11-23-16-7-12-22-13-16)21-14-18(8-3-9-18)15-5-6-15/h15-16H,2-14H2,1H3,(H2,19,20,21). The fourth-order valence-electron chi connectivity index (χ4n) is 3.77. The minimum atomic E-state index is 0.314. The maximum atomic E-state index is 5.80. The van der Waals surface area contributed by atoms with Crippen LogP contribution in [0.5, 0.6) is 0 Å². The summed E-state index contributed by atoms with van der Waals surface area (Å²) in [6.45, 7) is 7.37. The van der Waals surface area contributed by atoms with Gasteiger partial charge in [-0.15, -0.1) is 0 Å². The molecule has 1 unspecified atom stereocenters. The van der Waals surface area contributed by atoms with E-state index in [1.807, 2.05) is 0 Å². The number of hydrogen-bond donors (Lipinski definition) is 2. The molecule has 1 atom stereocenters. The van der Waals surface area contributed by atoms with Crippen molar-refractivity contribution in [1.82, 2.24) is 10.6 Å². The Bertz CT molecular complexity index is 386. The maximum Gasteiger partial charge on any atom is 0.191 e. The Labute approximate surface area is 140 Å². The minimum Gasteiger partial charge on any atom is -0.379 e. The van der Waals surface area contributed by atoms with Gasteiger partial charge in [-0.05, 0) is 56.8 Å². The van der Waals surface area contributed by atoms with Crippen LogP contribution in [0.15, 0.2) is 4.99 Å². The zero-order valence-electron chi connectivity index (χ0n) is 14.6. The Morgan fingerprint density at radius 1 is 1.26 bits per heavy atom. The molecule has 2 saturated carbocycles. The van der Waals surface area contributed by atoms with E-state index >= 15 is 0 Å². The first-order valence-corrected chi connectivity index (χ1v) is 9.54. The summed E-state index contributed by atoms with van der Waals surface area (Å²) in [6.07, 6.45) is 9.40. The molecule has 1 aliphatic heterocycles. The van der Waals surface area contributed by atoms with Gasteiger partial charge in [0, 0.05) is 32.8 Å². The maximum absolute atomic E-state index is 5.80. The molecule has 132 valence electrons. The SMILES string of the molecule is CCNC(=NCC1(C2CC2)CCC1)NCCCOC1CCOC1. The first kappa shape index (κ1) is 17.0. The Kier molecular flexibility index (Phi) is 6.17. The van der Waals surface area contributed by atoms with Crippen LogP contribution in [0, 0.1) is 11.3 Å². The van der Waals surface area contributed by atoms with Gasteiger partial charge in [0.05, 0.1) is 12.7 Å². The molecule has 0 spiro atoms. The molecule has 3 aliphatic rings. The van der Waals surface area contributed by atoms with Gasteiger partial charge in [0.2, 0.25) is 0 Å². The second-order valence-corrected chi connectivity index (χ2v) is 7.32. The second kappa shape index (κ2) is 8.34. The quantitative estimate of drug-likeness (QED) is 0.388. The van der Waals surface area contributed by atoms with Crippen LogP contribution in [-0.4, -0.2) is 51.5 Å². The molecule has 0 bridgehead atoms. The van der Waals surface area contributed by atoms with Gasteiger partial charge in [0.25, 0.3) is 0 Å². The highest BCUT2D eigenvalue weighted by Crippen LogP contribution is 2.57. The molecule has 5 nitrogen and oxygen atoms in total. The fraction of sp³-hybridized carbons (Fsp3) is 0.944. The molecule has 2 aliphatic carbocycles. The summed E-state index contributed by atoms with van der Waals surface area (Å²) >= 11 is 0. The molecular formula is C18H33N3O2. The van der Waals surface area contributed by atoms with Crippen molar-refractivity contribution in [3.63, 3.8) is 0 Å². The summed E-state index contributed by atoms with van der Waals surface area (Å²) in [7, 11) is 0. The highest BCUT2D eigenvalue weighted by molar-refractivity contribution is 5.79. The van der Waals surface area contributed by atoms with Crippen molar-refractivity contribution in [3.05, 3.63) is 0 Å². The van der Waals surface area contributed by atoms with Gasteiger partial charge >= 0.3 is 0 Å². The number of aliphatic imine (C=N–C) groups is 1. The largest absolute Gasteiger partial charge is 0.379 e. The lowest BCUT2D eigenvalue weighted by Crippen LogP contribution is -2.41. The van der Waals surface area contributed by atoms with Crippen LogP contribution >= 0.6 is 0 Å². The van der Waals surface area contributed by atoms with Crippen LogP contribution in [0.2, 0.25) is 0 Å². The van der Waals surface area contributed by atoms with Gasteiger partial charge in [0.1, 0.15) is 0 Å². The van der Waals surface area contributed by atoms with E-state index in [1.165, 1.54) is 32.1 Å². The molecule has 5 heteroatoms. The summed E-state index contributed by atoms with van der Waals surface area (Å²) < 4.78 is 11.1. The molecule has 0 aromatic heterocycles. The molecule has 0 aromatic rings. The Morgan fingerprint density at radius 2 is 2.13 bits per heavy atom. The fourth-order valence-corrected chi connectivity index (χ4v) is 3.77. The summed E-state index contributed by atoms with van der Waals surface area (Å²) in [5, 5.41) is 6.83. The topological polar surface area (TPSA) is 54.9 Å². The number of hydrogen-bond acceptors (Lipinski definition) is 3. The number of ether oxygens (including phenoxy) is 2. The molecule has 0 amide bonds. The zero-order valence-corrected chi connectivity index (χ0v) is 14.6. The number of rotatable bonds is 9. The summed E-state index contributed by atoms with van der Waals surface area (Å²) in [4.78, 5) is 4.88. The molecule has 1 heterocycles. The Hall–Kier alpha value is -0.810. The smallest absolute Gasteiger partial charge is 0.191 e. The van der Waals surface area contributed by atoms with Crippen molar-refractivity contribution in [2.24, 2.45) is 16.3 Å². The predicted octanol–water partition coefficient (Wildman–Crippen LogP) is 2.32. The third kappa shape index (κ3) is 4.83. The minimum absolute atomic E-state index is 0.314. The lowest BCUT2D eigenvalue weighted by Gasteiger charge is -2.41. The van der Waals surface area contributed by atoms with Crippen molar-refractivity contribution < 1.29 is 9.47 Å². The number of guanidine groups is 1. The van der Waals surface area contributed by atoms with E-state index in [1.54, 1.807) is 0 Å². The molecule has 1 saturated heterocycles.